The first kappa shape index (κ1) is 78.8. The van der Waals surface area contributed by atoms with Crippen LogP contribution in [-0.2, 0) is 28.6 Å². The molecule has 0 rings (SSSR count). The highest BCUT2D eigenvalue weighted by molar-refractivity contribution is 5.71. The fraction of sp³-hybridized carbons (Fsp3) is 0.701. The largest absolute Gasteiger partial charge is 0.462 e. The van der Waals surface area contributed by atoms with Crippen molar-refractivity contribution in [1.82, 2.24) is 0 Å². The molecule has 1 atom stereocenters. The summed E-state index contributed by atoms with van der Waals surface area (Å²) >= 11 is 0. The molecule has 6 nitrogen and oxygen atoms in total. The lowest BCUT2D eigenvalue weighted by Gasteiger charge is -2.18. The Labute approximate surface area is 513 Å². The van der Waals surface area contributed by atoms with Crippen LogP contribution in [0.1, 0.15) is 329 Å². The van der Waals surface area contributed by atoms with E-state index in [1.54, 1.807) is 0 Å². The number of allylic oxidation sites excluding steroid dienone is 20. The van der Waals surface area contributed by atoms with Crippen molar-refractivity contribution >= 4 is 17.9 Å². The van der Waals surface area contributed by atoms with Crippen molar-refractivity contribution in [2.24, 2.45) is 0 Å². The van der Waals surface area contributed by atoms with E-state index in [1.165, 1.54) is 161 Å². The molecule has 474 valence electrons. The van der Waals surface area contributed by atoms with E-state index < -0.39 is 6.10 Å². The van der Waals surface area contributed by atoms with Crippen molar-refractivity contribution in [3.8, 4) is 0 Å². The molecule has 0 bridgehead atoms. The minimum Gasteiger partial charge on any atom is -0.462 e. The van der Waals surface area contributed by atoms with Gasteiger partial charge in [0.05, 0.1) is 0 Å². The minimum absolute atomic E-state index is 0.100. The average molecular weight is 1150 g/mol. The fourth-order valence-electron chi connectivity index (χ4n) is 9.80. The summed E-state index contributed by atoms with van der Waals surface area (Å²) in [6, 6.07) is 0. The number of hydrogen-bond donors (Lipinski definition) is 0. The third-order valence-corrected chi connectivity index (χ3v) is 15.0. The monoisotopic (exact) mass is 1150 g/mol. The molecule has 0 heterocycles. The Morgan fingerprint density at radius 1 is 0.253 bits per heavy atom. The number of carbonyl (C=O) groups is 3. The molecular formula is C77H130O6. The highest BCUT2D eigenvalue weighted by Gasteiger charge is 2.19. The number of rotatable bonds is 63. The molecule has 1 unspecified atom stereocenters. The maximum atomic E-state index is 13.0. The van der Waals surface area contributed by atoms with Crippen LogP contribution in [0, 0.1) is 0 Å². The number of esters is 3. The van der Waals surface area contributed by atoms with Gasteiger partial charge in [-0.1, -0.05) is 328 Å². The van der Waals surface area contributed by atoms with Crippen LogP contribution in [0.3, 0.4) is 0 Å². The van der Waals surface area contributed by atoms with Crippen molar-refractivity contribution in [2.75, 3.05) is 13.2 Å². The SMILES string of the molecule is CC/C=C\C/C=C\C/C=C\C/C=C\C/C=C\CCCCCCCCCC(=O)OC(COC(=O)CCC/C=C\C/C=C\C/C=C\C/C=C\C/C=C\CC)COC(=O)CCCCCCCCCCCCCCCCCCCCCCCCCCC. The molecule has 0 spiro atoms. The lowest BCUT2D eigenvalue weighted by Crippen LogP contribution is -2.30. The van der Waals surface area contributed by atoms with E-state index in [4.69, 9.17) is 14.2 Å². The highest BCUT2D eigenvalue weighted by atomic mass is 16.6. The smallest absolute Gasteiger partial charge is 0.306 e. The summed E-state index contributed by atoms with van der Waals surface area (Å²) in [6.07, 6.45) is 98.0. The number of hydrogen-bond acceptors (Lipinski definition) is 6. The molecule has 6 heteroatoms. The normalized spacial score (nSPS) is 12.9. The Hall–Kier alpha value is -4.19. The summed E-state index contributed by atoms with van der Waals surface area (Å²) < 4.78 is 16.9. The Bertz CT molecular complexity index is 1700. The van der Waals surface area contributed by atoms with Crippen LogP contribution < -0.4 is 0 Å². The van der Waals surface area contributed by atoms with Gasteiger partial charge in [0.15, 0.2) is 6.10 Å². The van der Waals surface area contributed by atoms with Gasteiger partial charge < -0.3 is 14.2 Å². The Morgan fingerprint density at radius 2 is 0.482 bits per heavy atom. The van der Waals surface area contributed by atoms with E-state index in [9.17, 15) is 14.4 Å². The second kappa shape index (κ2) is 70.3. The number of ether oxygens (including phenoxy) is 3. The summed E-state index contributed by atoms with van der Waals surface area (Å²) in [5.74, 6) is -0.961. The zero-order valence-corrected chi connectivity index (χ0v) is 54.4. The Morgan fingerprint density at radius 3 is 0.783 bits per heavy atom. The maximum Gasteiger partial charge on any atom is 0.306 e. The van der Waals surface area contributed by atoms with E-state index in [-0.39, 0.29) is 37.5 Å². The molecule has 0 saturated heterocycles. The maximum absolute atomic E-state index is 13.0. The highest BCUT2D eigenvalue weighted by Crippen LogP contribution is 2.17. The third-order valence-electron chi connectivity index (χ3n) is 15.0. The first-order chi connectivity index (χ1) is 41.0. The average Bonchev–Trinajstić information content (AvgIpc) is 3.49. The Balaban J connectivity index is 4.41. The van der Waals surface area contributed by atoms with E-state index >= 15 is 0 Å². The van der Waals surface area contributed by atoms with Crippen LogP contribution >= 0.6 is 0 Å². The van der Waals surface area contributed by atoms with E-state index in [2.05, 4.69) is 142 Å². The molecule has 0 amide bonds. The molecule has 0 radical (unpaired) electrons. The first-order valence-corrected chi connectivity index (χ1v) is 35.0. The molecule has 0 aromatic carbocycles. The standard InChI is InChI=1S/C77H130O6/c1-4-7-10-13-16-19-22-25-28-31-33-35-37-38-40-41-43-46-49-52-55-58-61-64-67-70-76(79)82-73-74(72-81-75(78)69-66-63-60-57-54-51-48-45-30-27-24-21-18-15-12-9-6-3)83-77(80)71-68-65-62-59-56-53-50-47-44-42-39-36-34-32-29-26-23-20-17-14-11-8-5-2/h8-9,11-12,17-18,20-21,26-27,29-30,34,36,42,44,48,51,57,60,74H,4-7,10,13-16,19,22-25,28,31-33,35,37-41,43,45-47,49-50,52-56,58-59,61-73H2,1-3H3/b11-8-,12-9-,20-17-,21-18-,29-26-,30-27-,36-34-,44-42-,51-48-,60-57-. The molecule has 0 aliphatic heterocycles. The Kier molecular flexibility index (Phi) is 66.7. The molecule has 0 aromatic rings. The van der Waals surface area contributed by atoms with Crippen molar-refractivity contribution in [2.45, 2.75) is 335 Å². The molecule has 0 N–H and O–H groups in total. The van der Waals surface area contributed by atoms with Gasteiger partial charge in [0.2, 0.25) is 0 Å². The summed E-state index contributed by atoms with van der Waals surface area (Å²) in [6.45, 7) is 6.39. The second-order valence-electron chi connectivity index (χ2n) is 23.0. The van der Waals surface area contributed by atoms with Crippen molar-refractivity contribution in [3.05, 3.63) is 122 Å². The number of unbranched alkanes of at least 4 members (excludes halogenated alkanes) is 32. The zero-order valence-electron chi connectivity index (χ0n) is 54.4. The molecule has 0 fully saturated rings. The lowest BCUT2D eigenvalue weighted by atomic mass is 10.0. The van der Waals surface area contributed by atoms with Crippen LogP contribution in [0.2, 0.25) is 0 Å². The fourth-order valence-corrected chi connectivity index (χ4v) is 9.80. The van der Waals surface area contributed by atoms with Crippen molar-refractivity contribution < 1.29 is 28.6 Å². The first-order valence-electron chi connectivity index (χ1n) is 35.0. The molecule has 0 aliphatic rings. The quantitative estimate of drug-likeness (QED) is 0.0261. The summed E-state index contributed by atoms with van der Waals surface area (Å²) in [7, 11) is 0. The van der Waals surface area contributed by atoms with Crippen LogP contribution in [0.15, 0.2) is 122 Å². The van der Waals surface area contributed by atoms with Gasteiger partial charge in [0, 0.05) is 19.3 Å². The molecular weight excluding hydrogens is 1020 g/mol. The van der Waals surface area contributed by atoms with Gasteiger partial charge >= 0.3 is 17.9 Å². The van der Waals surface area contributed by atoms with Gasteiger partial charge in [0.1, 0.15) is 13.2 Å². The van der Waals surface area contributed by atoms with Gasteiger partial charge in [-0.05, 0) is 103 Å². The van der Waals surface area contributed by atoms with Crippen molar-refractivity contribution in [1.29, 1.82) is 0 Å². The molecule has 0 aliphatic carbocycles. The van der Waals surface area contributed by atoms with Gasteiger partial charge in [-0.3, -0.25) is 14.4 Å². The van der Waals surface area contributed by atoms with Gasteiger partial charge in [-0.15, -0.1) is 0 Å². The minimum atomic E-state index is -0.812. The second-order valence-corrected chi connectivity index (χ2v) is 23.0. The molecule has 0 saturated carbocycles. The summed E-state index contributed by atoms with van der Waals surface area (Å²) in [5.41, 5.74) is 0. The predicted molar refractivity (Wildman–Crippen MR) is 362 cm³/mol. The third kappa shape index (κ3) is 68.5. The lowest BCUT2D eigenvalue weighted by molar-refractivity contribution is -0.167. The molecule has 83 heavy (non-hydrogen) atoms. The van der Waals surface area contributed by atoms with Gasteiger partial charge in [-0.25, -0.2) is 0 Å². The van der Waals surface area contributed by atoms with Gasteiger partial charge in [0.25, 0.3) is 0 Å². The zero-order chi connectivity index (χ0) is 59.9. The summed E-state index contributed by atoms with van der Waals surface area (Å²) in [5, 5.41) is 0. The predicted octanol–water partition coefficient (Wildman–Crippen LogP) is 24.3. The van der Waals surface area contributed by atoms with Crippen LogP contribution in [0.4, 0.5) is 0 Å². The van der Waals surface area contributed by atoms with Crippen LogP contribution in [0.25, 0.3) is 0 Å². The van der Waals surface area contributed by atoms with E-state index in [0.717, 1.165) is 122 Å². The van der Waals surface area contributed by atoms with Crippen LogP contribution in [-0.4, -0.2) is 37.2 Å². The van der Waals surface area contributed by atoms with E-state index in [0.29, 0.717) is 19.3 Å². The topological polar surface area (TPSA) is 78.9 Å². The number of carbonyl (C=O) groups excluding carboxylic acids is 3. The van der Waals surface area contributed by atoms with Crippen LogP contribution in [0.5, 0.6) is 0 Å². The van der Waals surface area contributed by atoms with Crippen molar-refractivity contribution in [3.63, 3.8) is 0 Å². The molecule has 0 aromatic heterocycles. The van der Waals surface area contributed by atoms with Gasteiger partial charge in [-0.2, -0.15) is 0 Å². The van der Waals surface area contributed by atoms with E-state index in [1.807, 2.05) is 0 Å². The summed E-state index contributed by atoms with van der Waals surface area (Å²) in [4.78, 5) is 38.4.